The summed E-state index contributed by atoms with van der Waals surface area (Å²) in [6.07, 6.45) is 5.43. The van der Waals surface area contributed by atoms with Gasteiger partial charge in [0.1, 0.15) is 11.2 Å². The van der Waals surface area contributed by atoms with E-state index in [9.17, 15) is 9.59 Å². The lowest BCUT2D eigenvalue weighted by Crippen LogP contribution is -2.69. The van der Waals surface area contributed by atoms with Gasteiger partial charge in [-0.05, 0) is 56.9 Å². The van der Waals surface area contributed by atoms with E-state index in [1.807, 2.05) is 36.1 Å². The van der Waals surface area contributed by atoms with Gasteiger partial charge in [0.2, 0.25) is 0 Å². The van der Waals surface area contributed by atoms with Crippen molar-refractivity contribution in [3.8, 4) is 11.4 Å². The second-order valence-corrected chi connectivity index (χ2v) is 9.85. The fraction of sp³-hybridized carbons (Fsp3) is 0.520. The molecule has 0 bridgehead atoms. The molecule has 1 aromatic carbocycles. The maximum atomic E-state index is 13.8. The van der Waals surface area contributed by atoms with E-state index in [0.717, 1.165) is 42.8 Å². The minimum absolute atomic E-state index is 0.0350. The van der Waals surface area contributed by atoms with E-state index < -0.39 is 5.54 Å². The molecule has 1 aliphatic carbocycles. The summed E-state index contributed by atoms with van der Waals surface area (Å²) in [5.41, 5.74) is 1.49. The molecule has 1 aromatic heterocycles. The third-order valence-corrected chi connectivity index (χ3v) is 7.25. The third-order valence-electron chi connectivity index (χ3n) is 7.25. The fourth-order valence-electron chi connectivity index (χ4n) is 5.10. The number of ether oxygens (including phenoxy) is 2. The van der Waals surface area contributed by atoms with Crippen LogP contribution in [-0.2, 0) is 14.3 Å². The first-order valence-electron chi connectivity index (χ1n) is 12.3. The van der Waals surface area contributed by atoms with Gasteiger partial charge in [-0.1, -0.05) is 0 Å². The fourth-order valence-corrected chi connectivity index (χ4v) is 5.10. The molecule has 3 amide bonds. The molecule has 0 spiro atoms. The molecule has 2 N–H and O–H groups in total. The van der Waals surface area contributed by atoms with Crippen LogP contribution in [0.3, 0.4) is 0 Å². The molecule has 1 saturated carbocycles. The zero-order valence-corrected chi connectivity index (χ0v) is 19.8. The van der Waals surface area contributed by atoms with Crippen molar-refractivity contribution in [1.29, 1.82) is 0 Å². The van der Waals surface area contributed by atoms with Gasteiger partial charge in [0, 0.05) is 43.1 Å². The van der Waals surface area contributed by atoms with E-state index in [1.54, 1.807) is 6.20 Å². The topological polar surface area (TPSA) is 109 Å². The average Bonchev–Trinajstić information content (AvgIpc) is 3.69. The van der Waals surface area contributed by atoms with E-state index in [0.29, 0.717) is 50.5 Å². The van der Waals surface area contributed by atoms with Crippen LogP contribution in [0.4, 0.5) is 22.0 Å². The largest absolute Gasteiger partial charge is 0.381 e. The second-order valence-electron chi connectivity index (χ2n) is 9.85. The first-order chi connectivity index (χ1) is 17.0. The minimum Gasteiger partial charge on any atom is -0.381 e. The van der Waals surface area contributed by atoms with Crippen molar-refractivity contribution in [2.75, 3.05) is 48.1 Å². The Hall–Kier alpha value is -3.24. The second kappa shape index (κ2) is 8.76. The lowest BCUT2D eigenvalue weighted by Gasteiger charge is -2.52. The van der Waals surface area contributed by atoms with Crippen molar-refractivity contribution in [2.24, 2.45) is 0 Å². The molecule has 4 aliphatic rings. The van der Waals surface area contributed by atoms with Gasteiger partial charge < -0.3 is 29.9 Å². The summed E-state index contributed by atoms with van der Waals surface area (Å²) in [6, 6.07) is 7.67. The summed E-state index contributed by atoms with van der Waals surface area (Å²) in [6.45, 7) is 4.68. The molecule has 0 radical (unpaired) electrons. The predicted molar refractivity (Wildman–Crippen MR) is 131 cm³/mol. The quantitative estimate of drug-likeness (QED) is 0.695. The molecular formula is C25H30N6O4. The van der Waals surface area contributed by atoms with E-state index in [-0.39, 0.29) is 18.0 Å². The van der Waals surface area contributed by atoms with Crippen LogP contribution in [-0.4, -0.2) is 72.5 Å². The Morgan fingerprint density at radius 3 is 2.60 bits per heavy atom. The molecule has 10 heteroatoms. The maximum absolute atomic E-state index is 13.8. The summed E-state index contributed by atoms with van der Waals surface area (Å²) in [5, 5.41) is 5.78. The molecule has 6 rings (SSSR count). The number of rotatable bonds is 4. The summed E-state index contributed by atoms with van der Waals surface area (Å²) < 4.78 is 11.3. The lowest BCUT2D eigenvalue weighted by atomic mass is 9.91. The molecule has 2 aromatic rings. The average molecular weight is 479 g/mol. The number of anilines is 3. The molecule has 1 atom stereocenters. The van der Waals surface area contributed by atoms with E-state index in [1.165, 1.54) is 0 Å². The van der Waals surface area contributed by atoms with Gasteiger partial charge >= 0.3 is 6.03 Å². The Labute approximate surface area is 204 Å². The van der Waals surface area contributed by atoms with Crippen LogP contribution in [0, 0.1) is 0 Å². The number of fused-ring (bicyclic) bond motifs is 3. The highest BCUT2D eigenvalue weighted by molar-refractivity contribution is 6.08. The number of carbonyl (C=O) groups excluding carboxylic acids is 2. The van der Waals surface area contributed by atoms with Crippen LogP contribution < -0.4 is 20.4 Å². The highest BCUT2D eigenvalue weighted by Crippen LogP contribution is 2.43. The molecule has 10 nitrogen and oxygen atoms in total. The number of carbonyl (C=O) groups is 2. The summed E-state index contributed by atoms with van der Waals surface area (Å²) in [7, 11) is 0. The van der Waals surface area contributed by atoms with Crippen LogP contribution in [0.25, 0.3) is 11.4 Å². The Kier molecular flexibility index (Phi) is 5.57. The van der Waals surface area contributed by atoms with Crippen LogP contribution in [0.5, 0.6) is 0 Å². The number of nitrogens with one attached hydrogen (secondary N) is 2. The van der Waals surface area contributed by atoms with Gasteiger partial charge in [-0.2, -0.15) is 0 Å². The van der Waals surface area contributed by atoms with Gasteiger partial charge in [-0.15, -0.1) is 0 Å². The number of urea groups is 1. The van der Waals surface area contributed by atoms with Crippen molar-refractivity contribution < 1.29 is 19.1 Å². The Balaban J connectivity index is 1.32. The number of hydrogen-bond acceptors (Lipinski definition) is 7. The van der Waals surface area contributed by atoms with Gasteiger partial charge in [0.05, 0.1) is 19.4 Å². The number of amides is 3. The van der Waals surface area contributed by atoms with E-state index in [4.69, 9.17) is 14.5 Å². The molecule has 2 saturated heterocycles. The third kappa shape index (κ3) is 4.10. The SMILES string of the molecule is C[C@]12COCCN1c1nc(-c3ccc(NC(=O)NC4CC4)cc3)ncc1N(C1CCOCC1)C2=O. The van der Waals surface area contributed by atoms with E-state index >= 15 is 0 Å². The Bertz CT molecular complexity index is 1130. The zero-order valence-electron chi connectivity index (χ0n) is 19.8. The molecule has 35 heavy (non-hydrogen) atoms. The number of nitrogens with zero attached hydrogens (tertiary/aromatic N) is 4. The molecule has 4 heterocycles. The highest BCUT2D eigenvalue weighted by Gasteiger charge is 2.52. The summed E-state index contributed by atoms with van der Waals surface area (Å²) >= 11 is 0. The van der Waals surface area contributed by atoms with Gasteiger partial charge in [0.15, 0.2) is 11.6 Å². The molecular weight excluding hydrogens is 448 g/mol. The van der Waals surface area contributed by atoms with Gasteiger partial charge in [-0.25, -0.2) is 14.8 Å². The number of morpholine rings is 1. The van der Waals surface area contributed by atoms with Crippen molar-refractivity contribution in [1.82, 2.24) is 15.3 Å². The standard InChI is InChI=1S/C25H30N6O4/c1-25-15-35-13-10-30(25)22-20(31(23(25)32)19-8-11-34-12-9-19)14-26-21(29-22)16-2-4-17(5-3-16)27-24(33)28-18-6-7-18/h2-5,14,18-19H,6-13,15H2,1H3,(H2,27,28,33)/t25-/m1/s1. The molecule has 184 valence electrons. The molecule has 3 aliphatic heterocycles. The maximum Gasteiger partial charge on any atom is 0.319 e. The first kappa shape index (κ1) is 22.2. The highest BCUT2D eigenvalue weighted by atomic mass is 16.5. The van der Waals surface area contributed by atoms with Crippen molar-refractivity contribution in [2.45, 2.75) is 50.2 Å². The monoisotopic (exact) mass is 478 g/mol. The van der Waals surface area contributed by atoms with Crippen molar-refractivity contribution in [3.05, 3.63) is 30.5 Å². The van der Waals surface area contributed by atoms with Crippen molar-refractivity contribution >= 4 is 29.1 Å². The summed E-state index contributed by atoms with van der Waals surface area (Å²) in [4.78, 5) is 39.4. The molecule has 0 unspecified atom stereocenters. The lowest BCUT2D eigenvalue weighted by molar-refractivity contribution is -0.128. The van der Waals surface area contributed by atoms with Gasteiger partial charge in [-0.3, -0.25) is 4.79 Å². The van der Waals surface area contributed by atoms with Gasteiger partial charge in [0.25, 0.3) is 5.91 Å². The number of benzene rings is 1. The van der Waals surface area contributed by atoms with Crippen molar-refractivity contribution in [3.63, 3.8) is 0 Å². The van der Waals surface area contributed by atoms with Crippen LogP contribution >= 0.6 is 0 Å². The van der Waals surface area contributed by atoms with Crippen LogP contribution in [0.1, 0.15) is 32.6 Å². The molecule has 3 fully saturated rings. The predicted octanol–water partition coefficient (Wildman–Crippen LogP) is 2.55. The Morgan fingerprint density at radius 1 is 1.09 bits per heavy atom. The Morgan fingerprint density at radius 2 is 1.86 bits per heavy atom. The first-order valence-corrected chi connectivity index (χ1v) is 12.3. The zero-order chi connectivity index (χ0) is 24.0. The van der Waals surface area contributed by atoms with Crippen LogP contribution in [0.2, 0.25) is 0 Å². The number of aromatic nitrogens is 2. The smallest absolute Gasteiger partial charge is 0.319 e. The summed E-state index contributed by atoms with van der Waals surface area (Å²) in [5.74, 6) is 1.37. The van der Waals surface area contributed by atoms with E-state index in [2.05, 4.69) is 20.5 Å². The normalized spacial score (nSPS) is 24.5. The number of hydrogen-bond donors (Lipinski definition) is 2. The van der Waals surface area contributed by atoms with Crippen LogP contribution in [0.15, 0.2) is 30.5 Å². The minimum atomic E-state index is -0.808.